The minimum atomic E-state index is -0.158. The highest BCUT2D eigenvalue weighted by Gasteiger charge is 2.33. The highest BCUT2D eigenvalue weighted by molar-refractivity contribution is 5.77. The predicted molar refractivity (Wildman–Crippen MR) is 90.0 cm³/mol. The predicted octanol–water partition coefficient (Wildman–Crippen LogP) is 5.41. The molecule has 0 aliphatic heterocycles. The maximum Gasteiger partial charge on any atom is 0.146 e. The monoisotopic (exact) mass is 284 g/mol. The number of carbonyl (C=O) groups is 1. The molecule has 2 unspecified atom stereocenters. The molecule has 0 amide bonds. The Hall–Kier alpha value is -1.37. The van der Waals surface area contributed by atoms with Gasteiger partial charge in [0.25, 0.3) is 0 Å². The third kappa shape index (κ3) is 3.28. The Bertz CT molecular complexity index is 542. The molecule has 1 nitrogen and oxygen atoms in total. The van der Waals surface area contributed by atoms with Crippen LogP contribution < -0.4 is 0 Å². The lowest BCUT2D eigenvalue weighted by Crippen LogP contribution is -2.27. The average Bonchev–Trinajstić information content (AvgIpc) is 2.37. The van der Waals surface area contributed by atoms with Crippen LogP contribution in [0, 0.1) is 16.7 Å². The average molecular weight is 284 g/mol. The Labute approximate surface area is 129 Å². The number of rotatable bonds is 3. The van der Waals surface area contributed by atoms with Crippen LogP contribution in [0.3, 0.4) is 0 Å². The summed E-state index contributed by atoms with van der Waals surface area (Å²) in [5.41, 5.74) is 3.83. The Balaban J connectivity index is 2.29. The van der Waals surface area contributed by atoms with Crippen LogP contribution in [0.5, 0.6) is 0 Å². The minimum absolute atomic E-state index is 0.158. The highest BCUT2D eigenvalue weighted by atomic mass is 16.1. The van der Waals surface area contributed by atoms with Gasteiger partial charge in [0.1, 0.15) is 6.29 Å². The van der Waals surface area contributed by atoms with E-state index in [0.29, 0.717) is 11.3 Å². The Morgan fingerprint density at radius 3 is 2.52 bits per heavy atom. The van der Waals surface area contributed by atoms with Crippen molar-refractivity contribution in [3.8, 4) is 0 Å². The molecule has 114 valence electrons. The second-order valence-corrected chi connectivity index (χ2v) is 7.66. The number of carbonyl (C=O) groups excluding carboxylic acids is 1. The van der Waals surface area contributed by atoms with Crippen LogP contribution in [0.15, 0.2) is 47.1 Å². The van der Waals surface area contributed by atoms with Crippen molar-refractivity contribution in [2.24, 2.45) is 16.7 Å². The molecule has 0 saturated carbocycles. The molecule has 0 aromatic carbocycles. The minimum Gasteiger partial charge on any atom is -0.298 e. The summed E-state index contributed by atoms with van der Waals surface area (Å²) in [6.07, 6.45) is 15.4. The van der Waals surface area contributed by atoms with Gasteiger partial charge in [-0.1, -0.05) is 62.3 Å². The molecule has 21 heavy (non-hydrogen) atoms. The van der Waals surface area contributed by atoms with Gasteiger partial charge >= 0.3 is 0 Å². The number of allylic oxidation sites excluding steroid dienone is 8. The molecule has 0 bridgehead atoms. The van der Waals surface area contributed by atoms with Gasteiger partial charge in [0.15, 0.2) is 0 Å². The van der Waals surface area contributed by atoms with Gasteiger partial charge < -0.3 is 0 Å². The van der Waals surface area contributed by atoms with Gasteiger partial charge in [-0.25, -0.2) is 0 Å². The Morgan fingerprint density at radius 1 is 1.19 bits per heavy atom. The molecule has 0 N–H and O–H groups in total. The van der Waals surface area contributed by atoms with Gasteiger partial charge in [-0.3, -0.25) is 4.79 Å². The second-order valence-electron chi connectivity index (χ2n) is 7.66. The summed E-state index contributed by atoms with van der Waals surface area (Å²) in [4.78, 5) is 11.4. The molecule has 0 aromatic rings. The van der Waals surface area contributed by atoms with Gasteiger partial charge in [-0.2, -0.15) is 0 Å². The molecule has 2 atom stereocenters. The summed E-state index contributed by atoms with van der Waals surface area (Å²) in [6.45, 7) is 11.3. The van der Waals surface area contributed by atoms with Gasteiger partial charge in [0, 0.05) is 16.9 Å². The summed E-state index contributed by atoms with van der Waals surface area (Å²) in [7, 11) is 0. The summed E-state index contributed by atoms with van der Waals surface area (Å²) >= 11 is 0. The molecule has 2 aliphatic rings. The van der Waals surface area contributed by atoms with Gasteiger partial charge in [-0.15, -0.1) is 0 Å². The topological polar surface area (TPSA) is 17.1 Å². The van der Waals surface area contributed by atoms with Crippen molar-refractivity contribution < 1.29 is 4.79 Å². The zero-order chi connectivity index (χ0) is 15.7. The number of hydrogen-bond donors (Lipinski definition) is 0. The van der Waals surface area contributed by atoms with Crippen LogP contribution >= 0.6 is 0 Å². The maximum atomic E-state index is 11.4. The van der Waals surface area contributed by atoms with Crippen molar-refractivity contribution in [3.05, 3.63) is 47.1 Å². The fourth-order valence-electron chi connectivity index (χ4n) is 3.78. The number of hydrogen-bond acceptors (Lipinski definition) is 1. The fraction of sp³-hybridized carbons (Fsp3) is 0.550. The van der Waals surface area contributed by atoms with Crippen molar-refractivity contribution in [2.75, 3.05) is 0 Å². The van der Waals surface area contributed by atoms with E-state index in [1.165, 1.54) is 24.0 Å². The fourth-order valence-corrected chi connectivity index (χ4v) is 3.78. The first-order valence-corrected chi connectivity index (χ1v) is 7.98. The third-order valence-electron chi connectivity index (χ3n) is 5.22. The first-order valence-electron chi connectivity index (χ1n) is 7.98. The van der Waals surface area contributed by atoms with E-state index < -0.39 is 0 Å². The van der Waals surface area contributed by atoms with E-state index in [9.17, 15) is 4.79 Å². The molecule has 1 heteroatoms. The van der Waals surface area contributed by atoms with Crippen molar-refractivity contribution in [1.82, 2.24) is 0 Å². The van der Waals surface area contributed by atoms with E-state index in [2.05, 4.69) is 58.9 Å². The summed E-state index contributed by atoms with van der Waals surface area (Å²) in [5.74, 6) is 0.474. The second kappa shape index (κ2) is 5.79. The molecule has 0 radical (unpaired) electrons. The van der Waals surface area contributed by atoms with E-state index in [-0.39, 0.29) is 5.41 Å². The van der Waals surface area contributed by atoms with E-state index in [1.807, 2.05) is 6.08 Å². The van der Waals surface area contributed by atoms with E-state index >= 15 is 0 Å². The molecule has 0 fully saturated rings. The summed E-state index contributed by atoms with van der Waals surface area (Å²) < 4.78 is 0. The van der Waals surface area contributed by atoms with Crippen molar-refractivity contribution in [1.29, 1.82) is 0 Å². The first-order chi connectivity index (χ1) is 9.78. The van der Waals surface area contributed by atoms with E-state index in [4.69, 9.17) is 0 Å². The molecule has 0 spiro atoms. The third-order valence-corrected chi connectivity index (χ3v) is 5.22. The van der Waals surface area contributed by atoms with Crippen LogP contribution in [0.1, 0.15) is 53.9 Å². The van der Waals surface area contributed by atoms with Crippen LogP contribution in [0.4, 0.5) is 0 Å². The maximum absolute atomic E-state index is 11.4. The lowest BCUT2D eigenvalue weighted by molar-refractivity contribution is -0.105. The molecule has 2 rings (SSSR count). The van der Waals surface area contributed by atoms with Gasteiger partial charge in [0.05, 0.1) is 0 Å². The zero-order valence-electron chi connectivity index (χ0n) is 14.1. The largest absolute Gasteiger partial charge is 0.298 e. The Kier molecular flexibility index (Phi) is 4.41. The molecular weight excluding hydrogens is 256 g/mol. The van der Waals surface area contributed by atoms with E-state index in [1.54, 1.807) is 0 Å². The summed E-state index contributed by atoms with van der Waals surface area (Å²) in [5, 5.41) is 0. The highest BCUT2D eigenvalue weighted by Crippen LogP contribution is 2.44. The zero-order valence-corrected chi connectivity index (χ0v) is 14.1. The van der Waals surface area contributed by atoms with Crippen molar-refractivity contribution in [3.63, 3.8) is 0 Å². The standard InChI is InChI=1S/C20H28O/c1-15-8-9-17(14-21)20(5,13-15)12-10-18-16(2)7-6-11-19(18,3)4/h7-10,12,14,18H,6,11,13H2,1-5H3/b12-10+. The van der Waals surface area contributed by atoms with Gasteiger partial charge in [0.2, 0.25) is 0 Å². The smallest absolute Gasteiger partial charge is 0.146 e. The quantitative estimate of drug-likeness (QED) is 0.500. The van der Waals surface area contributed by atoms with Crippen LogP contribution in [-0.2, 0) is 4.79 Å². The van der Waals surface area contributed by atoms with Gasteiger partial charge in [-0.05, 0) is 38.5 Å². The first kappa shape index (κ1) is 16.0. The molecule has 0 heterocycles. The lowest BCUT2D eigenvalue weighted by atomic mass is 9.67. The lowest BCUT2D eigenvalue weighted by Gasteiger charge is -2.38. The van der Waals surface area contributed by atoms with E-state index in [0.717, 1.165) is 18.3 Å². The molecule has 0 saturated heterocycles. The Morgan fingerprint density at radius 2 is 1.90 bits per heavy atom. The van der Waals surface area contributed by atoms with Crippen molar-refractivity contribution >= 4 is 6.29 Å². The van der Waals surface area contributed by atoms with Crippen molar-refractivity contribution in [2.45, 2.75) is 53.9 Å². The number of aldehydes is 1. The normalized spacial score (nSPS) is 32.4. The van der Waals surface area contributed by atoms with Crippen LogP contribution in [-0.4, -0.2) is 6.29 Å². The SMILES string of the molecule is CC1=CC=C(C=O)C(C)(/C=C/C2C(C)=CCCC2(C)C)C1. The molecule has 0 aromatic heterocycles. The molecular formula is C20H28O. The molecule has 2 aliphatic carbocycles. The van der Waals surface area contributed by atoms with Crippen LogP contribution in [0.2, 0.25) is 0 Å². The summed E-state index contributed by atoms with van der Waals surface area (Å²) in [6, 6.07) is 0. The van der Waals surface area contributed by atoms with Crippen LogP contribution in [0.25, 0.3) is 0 Å².